The Kier molecular flexibility index (Phi) is 5.16. The van der Waals surface area contributed by atoms with Crippen LogP contribution in [0.4, 0.5) is 0 Å². The number of aryl methyl sites for hydroxylation is 2. The first-order valence-electron chi connectivity index (χ1n) is 7.55. The fourth-order valence-corrected chi connectivity index (χ4v) is 2.65. The largest absolute Gasteiger partial charge is 0.481 e. The maximum atomic E-state index is 12.4. The lowest BCUT2D eigenvalue weighted by atomic mass is 9.99. The van der Waals surface area contributed by atoms with E-state index >= 15 is 0 Å². The molecule has 2 aromatic rings. The van der Waals surface area contributed by atoms with Crippen LogP contribution in [-0.2, 0) is 11.3 Å². The number of carbonyl (C=O) groups is 2. The van der Waals surface area contributed by atoms with Crippen molar-refractivity contribution in [2.24, 2.45) is 0 Å². The fraction of sp³-hybridized carbons (Fsp3) is 0.353. The number of benzene rings is 1. The van der Waals surface area contributed by atoms with Crippen LogP contribution in [0.1, 0.15) is 40.2 Å². The third kappa shape index (κ3) is 3.59. The predicted octanol–water partition coefficient (Wildman–Crippen LogP) is 2.12. The molecule has 6 heteroatoms. The summed E-state index contributed by atoms with van der Waals surface area (Å²) in [4.78, 5) is 23.9. The number of hydrogen-bond acceptors (Lipinski definition) is 3. The number of amides is 1. The van der Waals surface area contributed by atoms with Gasteiger partial charge in [-0.3, -0.25) is 14.3 Å². The second kappa shape index (κ2) is 7.09. The fourth-order valence-electron chi connectivity index (χ4n) is 2.65. The van der Waals surface area contributed by atoms with Crippen molar-refractivity contribution in [1.82, 2.24) is 15.1 Å². The lowest BCUT2D eigenvalue weighted by Crippen LogP contribution is -2.32. The molecule has 1 atom stereocenters. The van der Waals surface area contributed by atoms with Gasteiger partial charge in [0, 0.05) is 18.8 Å². The average Bonchev–Trinajstić information content (AvgIpc) is 2.82. The highest BCUT2D eigenvalue weighted by Gasteiger charge is 2.23. The molecule has 1 heterocycles. The molecule has 0 aliphatic carbocycles. The van der Waals surface area contributed by atoms with Gasteiger partial charge in [0.1, 0.15) is 0 Å². The third-order valence-corrected chi connectivity index (χ3v) is 3.87. The molecule has 0 spiro atoms. The van der Waals surface area contributed by atoms with E-state index in [2.05, 4.69) is 10.4 Å². The van der Waals surface area contributed by atoms with Gasteiger partial charge in [-0.25, -0.2) is 0 Å². The zero-order chi connectivity index (χ0) is 17.0. The van der Waals surface area contributed by atoms with Gasteiger partial charge < -0.3 is 10.4 Å². The first-order chi connectivity index (χ1) is 11.0. The van der Waals surface area contributed by atoms with Crippen molar-refractivity contribution in [1.29, 1.82) is 0 Å². The number of carbonyl (C=O) groups excluding carboxylic acids is 1. The smallest absolute Gasteiger partial charge is 0.312 e. The second-order valence-corrected chi connectivity index (χ2v) is 5.37. The topological polar surface area (TPSA) is 84.2 Å². The molecular weight excluding hydrogens is 294 g/mol. The number of carboxylic acid groups (broad SMARTS) is 1. The Morgan fingerprint density at radius 3 is 2.43 bits per heavy atom. The molecule has 0 saturated carbocycles. The molecule has 2 rings (SSSR count). The lowest BCUT2D eigenvalue weighted by Gasteiger charge is -2.14. The molecule has 0 bridgehead atoms. The average molecular weight is 315 g/mol. The van der Waals surface area contributed by atoms with Gasteiger partial charge in [0.25, 0.3) is 5.91 Å². The molecule has 2 N–H and O–H groups in total. The summed E-state index contributed by atoms with van der Waals surface area (Å²) >= 11 is 0. The lowest BCUT2D eigenvalue weighted by molar-refractivity contribution is -0.138. The van der Waals surface area contributed by atoms with Crippen molar-refractivity contribution in [3.05, 3.63) is 52.8 Å². The molecule has 1 aromatic heterocycles. The summed E-state index contributed by atoms with van der Waals surface area (Å²) in [5.41, 5.74) is 2.62. The Morgan fingerprint density at radius 1 is 1.26 bits per heavy atom. The van der Waals surface area contributed by atoms with Gasteiger partial charge in [0.2, 0.25) is 0 Å². The molecule has 1 aromatic carbocycles. The van der Waals surface area contributed by atoms with Crippen LogP contribution in [0.3, 0.4) is 0 Å². The Balaban J connectivity index is 2.14. The monoisotopic (exact) mass is 315 g/mol. The van der Waals surface area contributed by atoms with Crippen LogP contribution in [0.15, 0.2) is 30.3 Å². The molecular formula is C17H21N3O3. The molecule has 0 radical (unpaired) electrons. The summed E-state index contributed by atoms with van der Waals surface area (Å²) < 4.78 is 1.76. The van der Waals surface area contributed by atoms with E-state index in [-0.39, 0.29) is 12.5 Å². The Bertz CT molecular complexity index is 707. The molecule has 23 heavy (non-hydrogen) atoms. The summed E-state index contributed by atoms with van der Waals surface area (Å²) in [5.74, 6) is -2.03. The van der Waals surface area contributed by atoms with Crippen molar-refractivity contribution < 1.29 is 14.7 Å². The molecule has 0 aliphatic rings. The molecule has 1 amide bonds. The summed E-state index contributed by atoms with van der Waals surface area (Å²) in [7, 11) is 0. The maximum Gasteiger partial charge on any atom is 0.312 e. The van der Waals surface area contributed by atoms with Crippen LogP contribution in [0, 0.1) is 13.8 Å². The van der Waals surface area contributed by atoms with Gasteiger partial charge in [0.05, 0.1) is 17.2 Å². The molecule has 0 aliphatic heterocycles. The highest BCUT2D eigenvalue weighted by Crippen LogP contribution is 2.16. The van der Waals surface area contributed by atoms with Crippen molar-refractivity contribution in [2.45, 2.75) is 33.2 Å². The zero-order valence-electron chi connectivity index (χ0n) is 13.5. The molecule has 6 nitrogen and oxygen atoms in total. The van der Waals surface area contributed by atoms with Crippen molar-refractivity contribution in [3.8, 4) is 0 Å². The number of carboxylic acids is 1. The number of nitrogens with zero attached hydrogens (tertiary/aromatic N) is 2. The summed E-state index contributed by atoms with van der Waals surface area (Å²) in [6.45, 7) is 6.29. The van der Waals surface area contributed by atoms with E-state index in [1.54, 1.807) is 35.9 Å². The second-order valence-electron chi connectivity index (χ2n) is 5.37. The number of nitrogens with one attached hydrogen (secondary N) is 1. The minimum Gasteiger partial charge on any atom is -0.481 e. The van der Waals surface area contributed by atoms with Crippen LogP contribution < -0.4 is 5.32 Å². The van der Waals surface area contributed by atoms with E-state index in [4.69, 9.17) is 0 Å². The number of hydrogen-bond donors (Lipinski definition) is 2. The van der Waals surface area contributed by atoms with Crippen molar-refractivity contribution in [2.75, 3.05) is 6.54 Å². The number of aliphatic carboxylic acids is 1. The first kappa shape index (κ1) is 16.7. The van der Waals surface area contributed by atoms with E-state index < -0.39 is 11.9 Å². The summed E-state index contributed by atoms with van der Waals surface area (Å²) in [5, 5.41) is 16.4. The summed E-state index contributed by atoms with van der Waals surface area (Å²) in [6.07, 6.45) is 0. The number of aromatic nitrogens is 2. The van der Waals surface area contributed by atoms with Gasteiger partial charge in [-0.15, -0.1) is 0 Å². The maximum absolute atomic E-state index is 12.4. The van der Waals surface area contributed by atoms with Gasteiger partial charge in [-0.1, -0.05) is 30.3 Å². The van der Waals surface area contributed by atoms with Gasteiger partial charge in [0.15, 0.2) is 0 Å². The van der Waals surface area contributed by atoms with Crippen LogP contribution in [0.2, 0.25) is 0 Å². The van der Waals surface area contributed by atoms with Crippen LogP contribution in [-0.4, -0.2) is 33.3 Å². The first-order valence-corrected chi connectivity index (χ1v) is 7.55. The molecule has 0 saturated heterocycles. The van der Waals surface area contributed by atoms with E-state index in [0.29, 0.717) is 23.4 Å². The van der Waals surface area contributed by atoms with Gasteiger partial charge in [-0.05, 0) is 26.3 Å². The minimum absolute atomic E-state index is 0.0361. The van der Waals surface area contributed by atoms with Crippen molar-refractivity contribution in [3.63, 3.8) is 0 Å². The van der Waals surface area contributed by atoms with Crippen molar-refractivity contribution >= 4 is 11.9 Å². The molecule has 122 valence electrons. The Labute approximate surface area is 135 Å². The van der Waals surface area contributed by atoms with E-state index in [1.807, 2.05) is 19.9 Å². The van der Waals surface area contributed by atoms with E-state index in [1.165, 1.54) is 0 Å². The molecule has 0 fully saturated rings. The summed E-state index contributed by atoms with van der Waals surface area (Å²) in [6, 6.07) is 8.89. The standard InChI is InChI=1S/C17H21N3O3/c1-4-20-12(3)15(11(2)19-20)16(21)18-10-14(17(22)23)13-8-6-5-7-9-13/h5-9,14H,4,10H2,1-3H3,(H,18,21)(H,22,23). The predicted molar refractivity (Wildman–Crippen MR) is 86.5 cm³/mol. The third-order valence-electron chi connectivity index (χ3n) is 3.87. The van der Waals surface area contributed by atoms with Crippen LogP contribution >= 0.6 is 0 Å². The molecule has 1 unspecified atom stereocenters. The van der Waals surface area contributed by atoms with Gasteiger partial charge >= 0.3 is 5.97 Å². The SMILES string of the molecule is CCn1nc(C)c(C(=O)NCC(C(=O)O)c2ccccc2)c1C. The number of rotatable bonds is 6. The zero-order valence-corrected chi connectivity index (χ0v) is 13.5. The Morgan fingerprint density at radius 2 is 1.91 bits per heavy atom. The van der Waals surface area contributed by atoms with Crippen LogP contribution in [0.5, 0.6) is 0 Å². The normalized spacial score (nSPS) is 12.0. The highest BCUT2D eigenvalue weighted by molar-refractivity contribution is 5.96. The highest BCUT2D eigenvalue weighted by atomic mass is 16.4. The van der Waals surface area contributed by atoms with Gasteiger partial charge in [-0.2, -0.15) is 5.10 Å². The minimum atomic E-state index is -0.964. The van der Waals surface area contributed by atoms with E-state index in [0.717, 1.165) is 5.69 Å². The van der Waals surface area contributed by atoms with E-state index in [9.17, 15) is 14.7 Å². The quantitative estimate of drug-likeness (QED) is 0.855. The van der Waals surface area contributed by atoms with Crippen LogP contribution in [0.25, 0.3) is 0 Å². The Hall–Kier alpha value is -2.63.